The first-order valence-electron chi connectivity index (χ1n) is 8.09. The lowest BCUT2D eigenvalue weighted by Gasteiger charge is -2.30. The Morgan fingerprint density at radius 1 is 1.22 bits per heavy atom. The molecule has 0 spiro atoms. The van der Waals surface area contributed by atoms with Crippen molar-refractivity contribution in [2.45, 2.75) is 12.3 Å². The molecule has 3 aromatic heterocycles. The maximum atomic E-state index is 13.0. The van der Waals surface area contributed by atoms with Crippen molar-refractivity contribution in [3.63, 3.8) is 0 Å². The van der Waals surface area contributed by atoms with Crippen LogP contribution in [0.5, 0.6) is 0 Å². The number of anilines is 1. The predicted molar refractivity (Wildman–Crippen MR) is 88.8 cm³/mol. The molecule has 1 aliphatic rings. The molecular weight excluding hydrogens is 361 g/mol. The number of hydrogen-bond acceptors (Lipinski definition) is 6. The number of nitriles is 1. The van der Waals surface area contributed by atoms with Gasteiger partial charge in [0.15, 0.2) is 11.9 Å². The van der Waals surface area contributed by atoms with E-state index in [4.69, 9.17) is 10.00 Å². The third kappa shape index (κ3) is 3.29. The molecular formula is C17H13F3N6O. The van der Waals surface area contributed by atoms with E-state index in [2.05, 4.69) is 21.0 Å². The standard InChI is InChI=1S/C17H13F3N6O/c18-17(19,20)11-1-2-14-23-8-13(26(14)9-11)16-22-4-3-15(24-16)25-5-6-27-12(7-21)10-25/h1-4,8-9,12H,5-6,10H2/t12-/m1/s1. The van der Waals surface area contributed by atoms with E-state index in [1.54, 1.807) is 6.07 Å². The van der Waals surface area contributed by atoms with Crippen LogP contribution in [0, 0.1) is 11.3 Å². The molecule has 10 heteroatoms. The predicted octanol–water partition coefficient (Wildman–Crippen LogP) is 2.54. The summed E-state index contributed by atoms with van der Waals surface area (Å²) < 4.78 is 45.7. The molecule has 0 unspecified atom stereocenters. The van der Waals surface area contributed by atoms with Gasteiger partial charge in [-0.3, -0.25) is 4.40 Å². The van der Waals surface area contributed by atoms with Crippen molar-refractivity contribution in [1.29, 1.82) is 5.26 Å². The Hall–Kier alpha value is -3.19. The summed E-state index contributed by atoms with van der Waals surface area (Å²) in [6.45, 7) is 1.31. The monoisotopic (exact) mass is 374 g/mol. The highest BCUT2D eigenvalue weighted by molar-refractivity contribution is 5.59. The molecule has 0 N–H and O–H groups in total. The van der Waals surface area contributed by atoms with Crippen molar-refractivity contribution < 1.29 is 17.9 Å². The quantitative estimate of drug-likeness (QED) is 0.686. The number of alkyl halides is 3. The van der Waals surface area contributed by atoms with Crippen LogP contribution in [0.15, 0.2) is 36.8 Å². The van der Waals surface area contributed by atoms with Crippen LogP contribution in [0.2, 0.25) is 0 Å². The van der Waals surface area contributed by atoms with Crippen molar-refractivity contribution in [2.24, 2.45) is 0 Å². The zero-order valence-corrected chi connectivity index (χ0v) is 13.9. The van der Waals surface area contributed by atoms with Crippen LogP contribution >= 0.6 is 0 Å². The second-order valence-corrected chi connectivity index (χ2v) is 5.96. The summed E-state index contributed by atoms with van der Waals surface area (Å²) in [4.78, 5) is 14.6. The number of ether oxygens (including phenoxy) is 1. The van der Waals surface area contributed by atoms with E-state index in [1.807, 2.05) is 4.90 Å². The summed E-state index contributed by atoms with van der Waals surface area (Å²) >= 11 is 0. The molecule has 4 rings (SSSR count). The van der Waals surface area contributed by atoms with Crippen molar-refractivity contribution in [1.82, 2.24) is 19.4 Å². The van der Waals surface area contributed by atoms with Crippen LogP contribution in [0.4, 0.5) is 19.0 Å². The van der Waals surface area contributed by atoms with Crippen LogP contribution in [0.25, 0.3) is 17.2 Å². The molecule has 7 nitrogen and oxygen atoms in total. The van der Waals surface area contributed by atoms with Crippen molar-refractivity contribution in [2.75, 3.05) is 24.6 Å². The number of halogens is 3. The van der Waals surface area contributed by atoms with Gasteiger partial charge >= 0.3 is 6.18 Å². The topological polar surface area (TPSA) is 79.3 Å². The van der Waals surface area contributed by atoms with Gasteiger partial charge in [-0.15, -0.1) is 0 Å². The first-order chi connectivity index (χ1) is 13.0. The molecule has 0 bridgehead atoms. The van der Waals surface area contributed by atoms with E-state index in [1.165, 1.54) is 22.9 Å². The van der Waals surface area contributed by atoms with Gasteiger partial charge in [-0.1, -0.05) is 0 Å². The lowest BCUT2D eigenvalue weighted by molar-refractivity contribution is -0.137. The molecule has 1 atom stereocenters. The van der Waals surface area contributed by atoms with Crippen LogP contribution in [-0.2, 0) is 10.9 Å². The van der Waals surface area contributed by atoms with Gasteiger partial charge in [0.25, 0.3) is 0 Å². The molecule has 0 saturated carbocycles. The summed E-state index contributed by atoms with van der Waals surface area (Å²) in [5.41, 5.74) is -0.0681. The molecule has 4 heterocycles. The van der Waals surface area contributed by atoms with Crippen LogP contribution in [0.1, 0.15) is 5.56 Å². The fraction of sp³-hybridized carbons (Fsp3) is 0.294. The number of fused-ring (bicyclic) bond motifs is 1. The normalized spacial score (nSPS) is 17.9. The SMILES string of the molecule is N#C[C@@H]1CN(c2ccnc(-c3cnc4ccc(C(F)(F)F)cn34)n2)CCO1. The Balaban J connectivity index is 1.73. The Labute approximate surface area is 151 Å². The highest BCUT2D eigenvalue weighted by Gasteiger charge is 2.31. The number of rotatable bonds is 2. The molecule has 27 heavy (non-hydrogen) atoms. The van der Waals surface area contributed by atoms with Gasteiger partial charge in [-0.05, 0) is 18.2 Å². The van der Waals surface area contributed by atoms with Gasteiger partial charge in [0.1, 0.15) is 17.2 Å². The average molecular weight is 374 g/mol. The van der Waals surface area contributed by atoms with E-state index >= 15 is 0 Å². The Kier molecular flexibility index (Phi) is 4.16. The van der Waals surface area contributed by atoms with E-state index < -0.39 is 17.8 Å². The highest BCUT2D eigenvalue weighted by atomic mass is 19.4. The van der Waals surface area contributed by atoms with Crippen LogP contribution < -0.4 is 4.90 Å². The summed E-state index contributed by atoms with van der Waals surface area (Å²) in [5, 5.41) is 9.03. The number of imidazole rings is 1. The minimum absolute atomic E-state index is 0.249. The Morgan fingerprint density at radius 2 is 2.07 bits per heavy atom. The average Bonchev–Trinajstić information content (AvgIpc) is 3.11. The zero-order valence-electron chi connectivity index (χ0n) is 13.9. The number of morpholine rings is 1. The largest absolute Gasteiger partial charge is 0.417 e. The third-order valence-corrected chi connectivity index (χ3v) is 4.24. The smallest absolute Gasteiger partial charge is 0.360 e. The molecule has 1 fully saturated rings. The summed E-state index contributed by atoms with van der Waals surface area (Å²) in [5.74, 6) is 0.824. The summed E-state index contributed by atoms with van der Waals surface area (Å²) in [7, 11) is 0. The molecule has 138 valence electrons. The maximum absolute atomic E-state index is 13.0. The minimum Gasteiger partial charge on any atom is -0.360 e. The van der Waals surface area contributed by atoms with E-state index in [0.29, 0.717) is 36.9 Å². The van der Waals surface area contributed by atoms with Gasteiger partial charge in [0, 0.05) is 18.9 Å². The number of nitrogens with zero attached hydrogens (tertiary/aromatic N) is 6. The molecule has 0 amide bonds. The first kappa shape index (κ1) is 17.2. The number of aromatic nitrogens is 4. The molecule has 1 saturated heterocycles. The third-order valence-electron chi connectivity index (χ3n) is 4.24. The van der Waals surface area contributed by atoms with E-state index in [0.717, 1.165) is 12.3 Å². The first-order valence-corrected chi connectivity index (χ1v) is 8.09. The lowest BCUT2D eigenvalue weighted by atomic mass is 10.2. The molecule has 3 aromatic rings. The fourth-order valence-corrected chi connectivity index (χ4v) is 2.90. The fourth-order valence-electron chi connectivity index (χ4n) is 2.90. The van der Waals surface area contributed by atoms with E-state index in [-0.39, 0.29) is 5.82 Å². The molecule has 1 aliphatic heterocycles. The minimum atomic E-state index is -4.46. The Bertz CT molecular complexity index is 1030. The van der Waals surface area contributed by atoms with Crippen LogP contribution in [0.3, 0.4) is 0 Å². The molecule has 0 aromatic carbocycles. The Morgan fingerprint density at radius 3 is 2.85 bits per heavy atom. The van der Waals surface area contributed by atoms with Gasteiger partial charge in [-0.25, -0.2) is 15.0 Å². The van der Waals surface area contributed by atoms with Crippen molar-refractivity contribution >= 4 is 11.5 Å². The lowest BCUT2D eigenvalue weighted by Crippen LogP contribution is -2.42. The summed E-state index contributed by atoms with van der Waals surface area (Å²) in [6, 6.07) is 6.04. The second-order valence-electron chi connectivity index (χ2n) is 5.96. The van der Waals surface area contributed by atoms with Gasteiger partial charge in [-0.2, -0.15) is 18.4 Å². The second kappa shape index (κ2) is 6.51. The van der Waals surface area contributed by atoms with Crippen molar-refractivity contribution in [3.05, 3.63) is 42.4 Å². The van der Waals surface area contributed by atoms with E-state index in [9.17, 15) is 13.2 Å². The zero-order chi connectivity index (χ0) is 19.0. The highest BCUT2D eigenvalue weighted by Crippen LogP contribution is 2.30. The van der Waals surface area contributed by atoms with Gasteiger partial charge < -0.3 is 9.64 Å². The van der Waals surface area contributed by atoms with Gasteiger partial charge in [0.2, 0.25) is 0 Å². The molecule has 0 aliphatic carbocycles. The summed E-state index contributed by atoms with van der Waals surface area (Å²) in [6.07, 6.45) is -1.07. The van der Waals surface area contributed by atoms with Crippen LogP contribution in [-0.4, -0.2) is 45.2 Å². The maximum Gasteiger partial charge on any atom is 0.417 e. The molecule has 0 radical (unpaired) electrons. The van der Waals surface area contributed by atoms with Crippen molar-refractivity contribution in [3.8, 4) is 17.6 Å². The number of hydrogen-bond donors (Lipinski definition) is 0. The van der Waals surface area contributed by atoms with Gasteiger partial charge in [0.05, 0.1) is 31.0 Å². The number of pyridine rings is 1.